The molecule has 0 fully saturated rings. The number of carbonyl (C=O) groups excluding carboxylic acids is 1. The van der Waals surface area contributed by atoms with Gasteiger partial charge in [-0.1, -0.05) is 0 Å². The van der Waals surface area contributed by atoms with Gasteiger partial charge in [-0.2, -0.15) is 5.10 Å². The Morgan fingerprint density at radius 1 is 1.47 bits per heavy atom. The van der Waals surface area contributed by atoms with Gasteiger partial charge in [0.05, 0.1) is 16.2 Å². The Morgan fingerprint density at radius 3 is 2.71 bits per heavy atom. The summed E-state index contributed by atoms with van der Waals surface area (Å²) in [6.45, 7) is 0. The van der Waals surface area contributed by atoms with Crippen LogP contribution in [0.4, 0.5) is 10.1 Å². The van der Waals surface area contributed by atoms with Crippen LogP contribution in [0, 0.1) is 5.82 Å². The Labute approximate surface area is 104 Å². The van der Waals surface area contributed by atoms with Crippen LogP contribution in [0.25, 0.3) is 5.69 Å². The van der Waals surface area contributed by atoms with Gasteiger partial charge >= 0.3 is 0 Å². The monoisotopic (exact) mass is 298 g/mol. The molecule has 5 nitrogen and oxygen atoms in total. The number of anilines is 1. The first kappa shape index (κ1) is 11.6. The van der Waals surface area contributed by atoms with Crippen molar-refractivity contribution in [1.82, 2.24) is 9.78 Å². The number of aromatic nitrogens is 2. The molecule has 0 radical (unpaired) electrons. The third-order valence-corrected chi connectivity index (χ3v) is 2.59. The van der Waals surface area contributed by atoms with Crippen molar-refractivity contribution >= 4 is 27.5 Å². The number of carbonyl (C=O) groups is 1. The van der Waals surface area contributed by atoms with E-state index in [1.807, 2.05) is 0 Å². The van der Waals surface area contributed by atoms with Crippen molar-refractivity contribution < 1.29 is 9.18 Å². The number of primary amides is 1. The van der Waals surface area contributed by atoms with Crippen LogP contribution in [0.5, 0.6) is 0 Å². The lowest BCUT2D eigenvalue weighted by Crippen LogP contribution is -2.15. The summed E-state index contributed by atoms with van der Waals surface area (Å²) in [5, 5.41) is 3.91. The van der Waals surface area contributed by atoms with Gasteiger partial charge in [-0.25, -0.2) is 9.07 Å². The van der Waals surface area contributed by atoms with Gasteiger partial charge < -0.3 is 11.5 Å². The molecule has 1 heterocycles. The molecular formula is C10H8BrFN4O. The van der Waals surface area contributed by atoms with Crippen molar-refractivity contribution in [2.45, 2.75) is 0 Å². The van der Waals surface area contributed by atoms with Crippen LogP contribution in [-0.2, 0) is 0 Å². The fourth-order valence-electron chi connectivity index (χ4n) is 1.40. The van der Waals surface area contributed by atoms with Gasteiger partial charge in [0.1, 0.15) is 5.69 Å². The molecule has 0 saturated carbocycles. The van der Waals surface area contributed by atoms with E-state index in [9.17, 15) is 9.18 Å². The maximum absolute atomic E-state index is 13.7. The van der Waals surface area contributed by atoms with Crippen LogP contribution < -0.4 is 11.5 Å². The molecule has 0 aliphatic heterocycles. The van der Waals surface area contributed by atoms with Crippen LogP contribution in [-0.4, -0.2) is 15.7 Å². The molecule has 7 heteroatoms. The summed E-state index contributed by atoms with van der Waals surface area (Å²) in [6.07, 6.45) is 3.05. The second-order valence-corrected chi connectivity index (χ2v) is 4.27. The van der Waals surface area contributed by atoms with E-state index in [-0.39, 0.29) is 16.9 Å². The van der Waals surface area contributed by atoms with Crippen LogP contribution >= 0.6 is 15.9 Å². The minimum absolute atomic E-state index is 0.00460. The molecule has 17 heavy (non-hydrogen) atoms. The maximum Gasteiger partial charge on any atom is 0.250 e. The van der Waals surface area contributed by atoms with E-state index in [4.69, 9.17) is 11.5 Å². The molecular weight excluding hydrogens is 291 g/mol. The molecule has 0 saturated heterocycles. The summed E-state index contributed by atoms with van der Waals surface area (Å²) in [5.74, 6) is -1.29. The van der Waals surface area contributed by atoms with Crippen LogP contribution in [0.2, 0.25) is 0 Å². The molecule has 0 aliphatic carbocycles. The zero-order chi connectivity index (χ0) is 12.6. The highest BCUT2D eigenvalue weighted by molar-refractivity contribution is 9.10. The van der Waals surface area contributed by atoms with E-state index in [0.717, 1.165) is 6.07 Å². The molecule has 2 rings (SSSR count). The average Bonchev–Trinajstić information content (AvgIpc) is 2.64. The topological polar surface area (TPSA) is 86.9 Å². The molecule has 4 N–H and O–H groups in total. The number of nitrogen functional groups attached to an aromatic ring is 1. The highest BCUT2D eigenvalue weighted by Gasteiger charge is 2.13. The van der Waals surface area contributed by atoms with E-state index in [1.165, 1.54) is 16.9 Å². The molecule has 1 aromatic heterocycles. The van der Waals surface area contributed by atoms with Crippen molar-refractivity contribution in [2.24, 2.45) is 5.73 Å². The van der Waals surface area contributed by atoms with Crippen LogP contribution in [0.15, 0.2) is 29.0 Å². The zero-order valence-corrected chi connectivity index (χ0v) is 10.1. The van der Waals surface area contributed by atoms with E-state index in [0.29, 0.717) is 4.47 Å². The maximum atomic E-state index is 13.7. The Morgan fingerprint density at radius 2 is 2.18 bits per heavy atom. The number of amides is 1. The third kappa shape index (κ3) is 2.14. The highest BCUT2D eigenvalue weighted by Crippen LogP contribution is 2.21. The lowest BCUT2D eigenvalue weighted by Gasteiger charge is -2.07. The quantitative estimate of drug-likeness (QED) is 0.823. The SMILES string of the molecule is NC(=O)c1cc(-n2cc(Br)cn2)c(F)cc1N. The summed E-state index contributed by atoms with van der Waals surface area (Å²) in [4.78, 5) is 11.1. The number of rotatable bonds is 2. The van der Waals surface area contributed by atoms with E-state index < -0.39 is 11.7 Å². The van der Waals surface area contributed by atoms with Crippen molar-refractivity contribution in [3.63, 3.8) is 0 Å². The van der Waals surface area contributed by atoms with Gasteiger partial charge in [0.15, 0.2) is 5.82 Å². The molecule has 1 aromatic carbocycles. The van der Waals surface area contributed by atoms with E-state index >= 15 is 0 Å². The van der Waals surface area contributed by atoms with Gasteiger partial charge in [-0.3, -0.25) is 4.79 Å². The number of hydrogen-bond acceptors (Lipinski definition) is 3. The normalized spacial score (nSPS) is 10.5. The van der Waals surface area contributed by atoms with Gasteiger partial charge in [-0.15, -0.1) is 0 Å². The molecule has 0 spiro atoms. The molecule has 1 amide bonds. The van der Waals surface area contributed by atoms with E-state index in [1.54, 1.807) is 6.20 Å². The standard InChI is InChI=1S/C10H8BrFN4O/c11-5-3-15-16(4-5)9-1-6(10(14)17)8(13)2-7(9)12/h1-4H,13H2,(H2,14,17). The Kier molecular flexibility index (Phi) is 2.84. The fourth-order valence-corrected chi connectivity index (χ4v) is 1.68. The second-order valence-electron chi connectivity index (χ2n) is 3.36. The molecule has 0 atom stereocenters. The molecule has 0 aliphatic rings. The molecule has 0 bridgehead atoms. The molecule has 88 valence electrons. The zero-order valence-electron chi connectivity index (χ0n) is 8.52. The average molecular weight is 299 g/mol. The predicted octanol–water partition coefficient (Wildman–Crippen LogP) is 1.46. The Balaban J connectivity index is 2.62. The van der Waals surface area contributed by atoms with Crippen molar-refractivity contribution in [1.29, 1.82) is 0 Å². The first-order chi connectivity index (χ1) is 7.99. The predicted molar refractivity (Wildman–Crippen MR) is 64.2 cm³/mol. The number of halogens is 2. The largest absolute Gasteiger partial charge is 0.398 e. The van der Waals surface area contributed by atoms with Gasteiger partial charge in [0, 0.05) is 11.9 Å². The van der Waals surface area contributed by atoms with Crippen LogP contribution in [0.1, 0.15) is 10.4 Å². The smallest absolute Gasteiger partial charge is 0.250 e. The van der Waals surface area contributed by atoms with Gasteiger partial charge in [-0.05, 0) is 28.1 Å². The first-order valence-corrected chi connectivity index (χ1v) is 5.37. The fraction of sp³-hybridized carbons (Fsp3) is 0. The van der Waals surface area contributed by atoms with Gasteiger partial charge in [0.25, 0.3) is 5.91 Å². The summed E-state index contributed by atoms with van der Waals surface area (Å²) in [6, 6.07) is 2.32. The van der Waals surface area contributed by atoms with Crippen molar-refractivity contribution in [3.05, 3.63) is 40.4 Å². The van der Waals surface area contributed by atoms with Crippen LogP contribution in [0.3, 0.4) is 0 Å². The summed E-state index contributed by atoms with van der Waals surface area (Å²) >= 11 is 3.19. The number of benzene rings is 1. The molecule has 0 unspecified atom stereocenters. The summed E-state index contributed by atoms with van der Waals surface area (Å²) in [5.41, 5.74) is 10.8. The van der Waals surface area contributed by atoms with Crippen molar-refractivity contribution in [2.75, 3.05) is 5.73 Å². The Bertz CT molecular complexity index is 596. The number of nitrogens with zero attached hydrogens (tertiary/aromatic N) is 2. The summed E-state index contributed by atoms with van der Waals surface area (Å²) < 4.78 is 15.7. The Hall–Kier alpha value is -1.89. The number of nitrogens with two attached hydrogens (primary N) is 2. The van der Waals surface area contributed by atoms with Gasteiger partial charge in [0.2, 0.25) is 0 Å². The van der Waals surface area contributed by atoms with E-state index in [2.05, 4.69) is 21.0 Å². The summed E-state index contributed by atoms with van der Waals surface area (Å²) in [7, 11) is 0. The number of hydrogen-bond donors (Lipinski definition) is 2. The highest BCUT2D eigenvalue weighted by atomic mass is 79.9. The lowest BCUT2D eigenvalue weighted by molar-refractivity contribution is 0.100. The second kappa shape index (κ2) is 4.17. The van der Waals surface area contributed by atoms with Crippen molar-refractivity contribution in [3.8, 4) is 5.69 Å². The minimum Gasteiger partial charge on any atom is -0.398 e. The minimum atomic E-state index is -0.713. The third-order valence-electron chi connectivity index (χ3n) is 2.18. The lowest BCUT2D eigenvalue weighted by atomic mass is 10.1. The molecule has 2 aromatic rings. The first-order valence-electron chi connectivity index (χ1n) is 4.58.